The summed E-state index contributed by atoms with van der Waals surface area (Å²) in [4.78, 5) is 28.8. The molecule has 2 aromatic carbocycles. The second kappa shape index (κ2) is 9.52. The van der Waals surface area contributed by atoms with Gasteiger partial charge in [-0.3, -0.25) is 9.59 Å². The molecule has 28 heavy (non-hydrogen) atoms. The molecule has 1 aliphatic rings. The van der Waals surface area contributed by atoms with Crippen LogP contribution < -0.4 is 4.90 Å². The minimum Gasteiger partial charge on any atom is -0.455 e. The van der Waals surface area contributed by atoms with E-state index in [1.165, 1.54) is 17.3 Å². The third-order valence-corrected chi connectivity index (χ3v) is 6.96. The molecule has 0 spiro atoms. The summed E-state index contributed by atoms with van der Waals surface area (Å²) in [5, 5.41) is 0.440. The molecule has 4 nitrogen and oxygen atoms in total. The van der Waals surface area contributed by atoms with Gasteiger partial charge < -0.3 is 9.64 Å². The Morgan fingerprint density at radius 1 is 1.21 bits per heavy atom. The molecule has 1 amide bonds. The van der Waals surface area contributed by atoms with Crippen LogP contribution in [-0.2, 0) is 14.3 Å². The molecule has 0 fully saturated rings. The number of hydrogen-bond donors (Lipinski definition) is 0. The first-order valence-electron chi connectivity index (χ1n) is 9.36. The number of aryl methyl sites for hydroxylation is 2. The number of anilines is 1. The van der Waals surface area contributed by atoms with Crippen LogP contribution in [0.15, 0.2) is 52.3 Å². The fourth-order valence-corrected chi connectivity index (χ4v) is 5.03. The lowest BCUT2D eigenvalue weighted by Gasteiger charge is -2.22. The highest BCUT2D eigenvalue weighted by atomic mass is 32.2. The number of amides is 1. The van der Waals surface area contributed by atoms with E-state index in [2.05, 4.69) is 13.0 Å². The summed E-state index contributed by atoms with van der Waals surface area (Å²) in [6, 6.07) is 14.0. The van der Waals surface area contributed by atoms with Gasteiger partial charge in [0.25, 0.3) is 5.91 Å². The van der Waals surface area contributed by atoms with Crippen LogP contribution >= 0.6 is 23.5 Å². The summed E-state index contributed by atoms with van der Waals surface area (Å²) in [7, 11) is 0. The molecule has 0 aliphatic carbocycles. The van der Waals surface area contributed by atoms with E-state index >= 15 is 0 Å². The smallest absolute Gasteiger partial charge is 0.316 e. The first-order chi connectivity index (χ1) is 13.4. The SMILES string of the molecule is Cc1ccc(SCC(=O)OCC(=O)N2CC[C@H](C)Sc3ccccc32)c(C)c1. The molecule has 0 aromatic heterocycles. The highest BCUT2D eigenvalue weighted by molar-refractivity contribution is 8.00. The zero-order valence-corrected chi connectivity index (χ0v) is 18.1. The van der Waals surface area contributed by atoms with Gasteiger partial charge in [0.2, 0.25) is 0 Å². The van der Waals surface area contributed by atoms with Crippen molar-refractivity contribution in [2.24, 2.45) is 0 Å². The molecule has 148 valence electrons. The van der Waals surface area contributed by atoms with Crippen molar-refractivity contribution in [1.82, 2.24) is 0 Å². The lowest BCUT2D eigenvalue weighted by atomic mass is 10.2. The normalized spacial score (nSPS) is 16.2. The maximum Gasteiger partial charge on any atom is 0.316 e. The van der Waals surface area contributed by atoms with E-state index in [0.717, 1.165) is 27.5 Å². The van der Waals surface area contributed by atoms with Crippen molar-refractivity contribution in [3.8, 4) is 0 Å². The molecule has 6 heteroatoms. The zero-order valence-electron chi connectivity index (χ0n) is 16.4. The first-order valence-corrected chi connectivity index (χ1v) is 11.2. The van der Waals surface area contributed by atoms with Gasteiger partial charge >= 0.3 is 5.97 Å². The van der Waals surface area contributed by atoms with Crippen molar-refractivity contribution < 1.29 is 14.3 Å². The summed E-state index contributed by atoms with van der Waals surface area (Å²) in [5.74, 6) is -0.350. The highest BCUT2D eigenvalue weighted by Gasteiger charge is 2.24. The van der Waals surface area contributed by atoms with E-state index in [1.807, 2.05) is 50.2 Å². The highest BCUT2D eigenvalue weighted by Crippen LogP contribution is 2.37. The third-order valence-electron chi connectivity index (χ3n) is 4.58. The number of thioether (sulfide) groups is 2. The van der Waals surface area contributed by atoms with Crippen molar-refractivity contribution in [2.45, 2.75) is 42.2 Å². The van der Waals surface area contributed by atoms with Crippen molar-refractivity contribution in [3.63, 3.8) is 0 Å². The summed E-state index contributed by atoms with van der Waals surface area (Å²) in [6.45, 7) is 6.65. The van der Waals surface area contributed by atoms with Crippen LogP contribution in [0.2, 0.25) is 0 Å². The van der Waals surface area contributed by atoms with Crippen LogP contribution in [0.3, 0.4) is 0 Å². The third kappa shape index (κ3) is 5.32. The average Bonchev–Trinajstić information content (AvgIpc) is 2.83. The minimum atomic E-state index is -0.371. The van der Waals surface area contributed by atoms with Gasteiger partial charge in [0, 0.05) is 21.6 Å². The van der Waals surface area contributed by atoms with Crippen molar-refractivity contribution in [3.05, 3.63) is 53.6 Å². The Bertz CT molecular complexity index is 869. The predicted molar refractivity (Wildman–Crippen MR) is 116 cm³/mol. The molecule has 1 aliphatic heterocycles. The Balaban J connectivity index is 1.55. The fraction of sp³-hybridized carbons (Fsp3) is 0.364. The predicted octanol–water partition coefficient (Wildman–Crippen LogP) is 4.86. The summed E-state index contributed by atoms with van der Waals surface area (Å²) < 4.78 is 5.27. The second-order valence-corrected chi connectivity index (χ2v) is 9.45. The maximum absolute atomic E-state index is 12.7. The molecule has 0 bridgehead atoms. The zero-order chi connectivity index (χ0) is 20.1. The Morgan fingerprint density at radius 2 is 2.00 bits per heavy atom. The van der Waals surface area contributed by atoms with Crippen LogP contribution in [0.4, 0.5) is 5.69 Å². The van der Waals surface area contributed by atoms with E-state index in [4.69, 9.17) is 4.74 Å². The quantitative estimate of drug-likeness (QED) is 0.516. The maximum atomic E-state index is 12.7. The standard InChI is InChI=1S/C22H25NO3S2/c1-15-8-9-19(16(2)12-15)27-14-22(25)26-13-21(24)23-11-10-17(3)28-20-7-5-4-6-18(20)23/h4-9,12,17H,10-11,13-14H2,1-3H3/t17-/m0/s1. The Hall–Kier alpha value is -1.92. The van der Waals surface area contributed by atoms with E-state index in [-0.39, 0.29) is 24.2 Å². The number of esters is 1. The lowest BCUT2D eigenvalue weighted by molar-refractivity contribution is -0.145. The fourth-order valence-electron chi connectivity index (χ4n) is 3.11. The monoisotopic (exact) mass is 415 g/mol. The number of hydrogen-bond acceptors (Lipinski definition) is 5. The Kier molecular flexibility index (Phi) is 7.08. The summed E-state index contributed by atoms with van der Waals surface area (Å²) in [5.41, 5.74) is 3.24. The number of benzene rings is 2. The molecule has 0 saturated heterocycles. The molecule has 0 radical (unpaired) electrons. The van der Waals surface area contributed by atoms with E-state index in [0.29, 0.717) is 11.8 Å². The van der Waals surface area contributed by atoms with Crippen molar-refractivity contribution >= 4 is 41.1 Å². The van der Waals surface area contributed by atoms with E-state index < -0.39 is 0 Å². The number of rotatable bonds is 5. The number of carbonyl (C=O) groups excluding carboxylic acids is 2. The largest absolute Gasteiger partial charge is 0.455 e. The van der Waals surface area contributed by atoms with Crippen molar-refractivity contribution in [1.29, 1.82) is 0 Å². The van der Waals surface area contributed by atoms with Crippen molar-refractivity contribution in [2.75, 3.05) is 23.8 Å². The molecule has 3 rings (SSSR count). The van der Waals surface area contributed by atoms with Gasteiger partial charge in [-0.05, 0) is 44.0 Å². The first kappa shape index (κ1) is 20.8. The molecule has 2 aromatic rings. The summed E-state index contributed by atoms with van der Waals surface area (Å²) >= 11 is 3.22. The number of carbonyl (C=O) groups is 2. The van der Waals surface area contributed by atoms with Gasteiger partial charge in [0.1, 0.15) is 0 Å². The van der Waals surface area contributed by atoms with Crippen LogP contribution in [0.25, 0.3) is 0 Å². The lowest BCUT2D eigenvalue weighted by Crippen LogP contribution is -2.36. The Labute approximate surface area is 175 Å². The number of para-hydroxylation sites is 1. The second-order valence-electron chi connectivity index (χ2n) is 6.95. The van der Waals surface area contributed by atoms with Gasteiger partial charge in [-0.25, -0.2) is 0 Å². The van der Waals surface area contributed by atoms with Gasteiger partial charge in [-0.1, -0.05) is 36.8 Å². The molecule has 1 atom stereocenters. The summed E-state index contributed by atoms with van der Waals surface area (Å²) in [6.07, 6.45) is 0.904. The molecular weight excluding hydrogens is 390 g/mol. The van der Waals surface area contributed by atoms with Crippen LogP contribution in [0.1, 0.15) is 24.5 Å². The molecule has 0 unspecified atom stereocenters. The van der Waals surface area contributed by atoms with Gasteiger partial charge in [-0.15, -0.1) is 23.5 Å². The number of nitrogens with zero attached hydrogens (tertiary/aromatic N) is 1. The topological polar surface area (TPSA) is 46.6 Å². The molecule has 0 N–H and O–H groups in total. The number of ether oxygens (including phenoxy) is 1. The van der Waals surface area contributed by atoms with Gasteiger partial charge in [0.05, 0.1) is 11.4 Å². The van der Waals surface area contributed by atoms with Crippen LogP contribution in [0.5, 0.6) is 0 Å². The van der Waals surface area contributed by atoms with Crippen LogP contribution in [-0.4, -0.2) is 36.0 Å². The van der Waals surface area contributed by atoms with Crippen LogP contribution in [0, 0.1) is 13.8 Å². The van der Waals surface area contributed by atoms with E-state index in [9.17, 15) is 9.59 Å². The van der Waals surface area contributed by atoms with E-state index in [1.54, 1.807) is 16.7 Å². The average molecular weight is 416 g/mol. The number of fused-ring (bicyclic) bond motifs is 1. The molecular formula is C22H25NO3S2. The minimum absolute atomic E-state index is 0.174. The molecule has 1 heterocycles. The van der Waals surface area contributed by atoms with Gasteiger partial charge in [-0.2, -0.15) is 0 Å². The van der Waals surface area contributed by atoms with Gasteiger partial charge in [0.15, 0.2) is 6.61 Å². The molecule has 0 saturated carbocycles. The Morgan fingerprint density at radius 3 is 2.79 bits per heavy atom.